The summed E-state index contributed by atoms with van der Waals surface area (Å²) in [4.78, 5) is 11.7. The van der Waals surface area contributed by atoms with Crippen molar-refractivity contribution in [2.45, 2.75) is 38.1 Å². The molecule has 24 heavy (non-hydrogen) atoms. The van der Waals surface area contributed by atoms with Crippen LogP contribution in [0.3, 0.4) is 0 Å². The summed E-state index contributed by atoms with van der Waals surface area (Å²) in [5.74, 6) is 0.827. The molecule has 0 atom stereocenters. The van der Waals surface area contributed by atoms with E-state index < -0.39 is 0 Å². The number of carbonyl (C=O) groups is 1. The quantitative estimate of drug-likeness (QED) is 0.512. The number of rotatable bonds is 9. The van der Waals surface area contributed by atoms with Gasteiger partial charge in [0.15, 0.2) is 5.16 Å². The zero-order valence-electron chi connectivity index (χ0n) is 14.3. The fourth-order valence-electron chi connectivity index (χ4n) is 2.16. The third kappa shape index (κ3) is 5.65. The largest absolute Gasteiger partial charge is 0.462 e. The molecule has 7 heteroatoms. The molecule has 1 aromatic carbocycles. The average Bonchev–Trinajstić information content (AvgIpc) is 2.93. The topological polar surface area (TPSA) is 66.2 Å². The Balaban J connectivity index is 2.08. The number of thioether (sulfide) groups is 1. The molecule has 6 nitrogen and oxygen atoms in total. The van der Waals surface area contributed by atoms with Crippen molar-refractivity contribution in [2.24, 2.45) is 0 Å². The van der Waals surface area contributed by atoms with Gasteiger partial charge in [0.05, 0.1) is 18.5 Å². The van der Waals surface area contributed by atoms with E-state index in [1.165, 1.54) is 17.3 Å². The maximum Gasteiger partial charge on any atom is 0.316 e. The maximum atomic E-state index is 11.7. The molecule has 0 N–H and O–H groups in total. The van der Waals surface area contributed by atoms with Gasteiger partial charge in [0.1, 0.15) is 5.82 Å². The number of nitrogens with zero attached hydrogens (tertiary/aromatic N) is 3. The van der Waals surface area contributed by atoms with Gasteiger partial charge in [0, 0.05) is 20.1 Å². The van der Waals surface area contributed by atoms with Gasteiger partial charge in [-0.25, -0.2) is 0 Å². The van der Waals surface area contributed by atoms with E-state index in [-0.39, 0.29) is 17.8 Å². The summed E-state index contributed by atoms with van der Waals surface area (Å²) < 4.78 is 12.3. The van der Waals surface area contributed by atoms with E-state index in [2.05, 4.69) is 22.3 Å². The van der Waals surface area contributed by atoms with Gasteiger partial charge in [0.25, 0.3) is 0 Å². The molecule has 0 spiro atoms. The lowest BCUT2D eigenvalue weighted by atomic mass is 10.1. The second-order valence-electron chi connectivity index (χ2n) is 5.53. The van der Waals surface area contributed by atoms with Gasteiger partial charge in [-0.1, -0.05) is 42.1 Å². The second kappa shape index (κ2) is 9.44. The molecule has 1 aromatic heterocycles. The molecule has 2 rings (SSSR count). The lowest BCUT2D eigenvalue weighted by Crippen LogP contribution is -2.14. The van der Waals surface area contributed by atoms with Gasteiger partial charge in [-0.05, 0) is 19.4 Å². The van der Waals surface area contributed by atoms with Crippen molar-refractivity contribution in [1.29, 1.82) is 0 Å². The minimum absolute atomic E-state index is 0.113. The molecular weight excluding hydrogens is 326 g/mol. The minimum Gasteiger partial charge on any atom is -0.462 e. The Kier molecular flexibility index (Phi) is 7.27. The first-order valence-corrected chi connectivity index (χ1v) is 8.86. The zero-order valence-corrected chi connectivity index (χ0v) is 15.1. The van der Waals surface area contributed by atoms with E-state index in [1.807, 2.05) is 36.6 Å². The summed E-state index contributed by atoms with van der Waals surface area (Å²) in [5.41, 5.74) is 1.17. The van der Waals surface area contributed by atoms with E-state index in [0.29, 0.717) is 24.7 Å². The van der Waals surface area contributed by atoms with Gasteiger partial charge in [0.2, 0.25) is 0 Å². The number of methoxy groups -OCH3 is 1. The van der Waals surface area contributed by atoms with Crippen molar-refractivity contribution in [3.63, 3.8) is 0 Å². The lowest BCUT2D eigenvalue weighted by Gasteiger charge is -2.10. The highest BCUT2D eigenvalue weighted by atomic mass is 32.2. The summed E-state index contributed by atoms with van der Waals surface area (Å²) >= 11 is 1.34. The van der Waals surface area contributed by atoms with E-state index in [1.54, 1.807) is 7.11 Å². The van der Waals surface area contributed by atoms with Crippen LogP contribution in [0.4, 0.5) is 0 Å². The third-order valence-corrected chi connectivity index (χ3v) is 4.14. The molecule has 0 aliphatic rings. The standard InChI is InChI=1S/C17H23N3O3S/c1-13(2)23-16(21)12-24-17-19-18-15(20(17)9-10-22-3)11-14-7-5-4-6-8-14/h4-8,13H,9-12H2,1-3H3. The zero-order chi connectivity index (χ0) is 17.4. The summed E-state index contributed by atoms with van der Waals surface area (Å²) in [5, 5.41) is 9.22. The Hall–Kier alpha value is -1.86. The van der Waals surface area contributed by atoms with Crippen LogP contribution < -0.4 is 0 Å². The highest BCUT2D eigenvalue weighted by Gasteiger charge is 2.15. The van der Waals surface area contributed by atoms with Crippen LogP contribution >= 0.6 is 11.8 Å². The first-order valence-electron chi connectivity index (χ1n) is 7.87. The van der Waals surface area contributed by atoms with Gasteiger partial charge < -0.3 is 14.0 Å². The molecule has 0 fully saturated rings. The molecule has 0 bridgehead atoms. The Morgan fingerprint density at radius 2 is 2.00 bits per heavy atom. The van der Waals surface area contributed by atoms with Crippen LogP contribution in [-0.2, 0) is 27.2 Å². The molecule has 0 saturated carbocycles. The normalized spacial score (nSPS) is 11.0. The fraction of sp³-hybridized carbons (Fsp3) is 0.471. The predicted molar refractivity (Wildman–Crippen MR) is 93.1 cm³/mol. The van der Waals surface area contributed by atoms with Gasteiger partial charge in [-0.2, -0.15) is 0 Å². The van der Waals surface area contributed by atoms with Crippen LogP contribution in [0.5, 0.6) is 0 Å². The van der Waals surface area contributed by atoms with Crippen LogP contribution in [0.1, 0.15) is 25.2 Å². The highest BCUT2D eigenvalue weighted by molar-refractivity contribution is 7.99. The lowest BCUT2D eigenvalue weighted by molar-refractivity contribution is -0.144. The first kappa shape index (κ1) is 18.5. The van der Waals surface area contributed by atoms with E-state index in [4.69, 9.17) is 9.47 Å². The van der Waals surface area contributed by atoms with Crippen LogP contribution in [0.2, 0.25) is 0 Å². The first-order chi connectivity index (χ1) is 11.6. The van der Waals surface area contributed by atoms with E-state index in [9.17, 15) is 4.79 Å². The fourth-order valence-corrected chi connectivity index (χ4v) is 2.93. The Bertz CT molecular complexity index is 644. The van der Waals surface area contributed by atoms with E-state index >= 15 is 0 Å². The Morgan fingerprint density at radius 3 is 2.67 bits per heavy atom. The van der Waals surface area contributed by atoms with Crippen molar-refractivity contribution in [2.75, 3.05) is 19.5 Å². The number of aromatic nitrogens is 3. The highest BCUT2D eigenvalue weighted by Crippen LogP contribution is 2.19. The summed E-state index contributed by atoms with van der Waals surface area (Å²) in [6.07, 6.45) is 0.576. The van der Waals surface area contributed by atoms with Crippen LogP contribution in [0, 0.1) is 0 Å². The predicted octanol–water partition coefficient (Wildman–Crippen LogP) is 2.56. The molecular formula is C17H23N3O3S. The monoisotopic (exact) mass is 349 g/mol. The molecule has 130 valence electrons. The molecule has 0 saturated heterocycles. The molecule has 0 unspecified atom stereocenters. The van der Waals surface area contributed by atoms with Crippen molar-refractivity contribution in [3.8, 4) is 0 Å². The Labute approximate surface area is 146 Å². The van der Waals surface area contributed by atoms with Crippen LogP contribution in [0.15, 0.2) is 35.5 Å². The van der Waals surface area contributed by atoms with Crippen LogP contribution in [0.25, 0.3) is 0 Å². The van der Waals surface area contributed by atoms with Crippen molar-refractivity contribution in [1.82, 2.24) is 14.8 Å². The number of carbonyl (C=O) groups excluding carboxylic acids is 1. The van der Waals surface area contributed by atoms with Gasteiger partial charge in [-0.3, -0.25) is 4.79 Å². The molecule has 0 aliphatic heterocycles. The van der Waals surface area contributed by atoms with Crippen molar-refractivity contribution in [3.05, 3.63) is 41.7 Å². The minimum atomic E-state index is -0.249. The molecule has 2 aromatic rings. The number of hydrogen-bond acceptors (Lipinski definition) is 6. The molecule has 0 aliphatic carbocycles. The van der Waals surface area contributed by atoms with Crippen molar-refractivity contribution >= 4 is 17.7 Å². The third-order valence-electron chi connectivity index (χ3n) is 3.20. The van der Waals surface area contributed by atoms with Gasteiger partial charge in [-0.15, -0.1) is 10.2 Å². The van der Waals surface area contributed by atoms with E-state index in [0.717, 1.165) is 5.82 Å². The van der Waals surface area contributed by atoms with Crippen molar-refractivity contribution < 1.29 is 14.3 Å². The summed E-state index contributed by atoms with van der Waals surface area (Å²) in [6, 6.07) is 10.1. The Morgan fingerprint density at radius 1 is 1.25 bits per heavy atom. The summed E-state index contributed by atoms with van der Waals surface area (Å²) in [6.45, 7) is 4.88. The number of esters is 1. The number of benzene rings is 1. The second-order valence-corrected chi connectivity index (χ2v) is 6.48. The SMILES string of the molecule is COCCn1c(Cc2ccccc2)nnc1SCC(=O)OC(C)C. The number of hydrogen-bond donors (Lipinski definition) is 0. The smallest absolute Gasteiger partial charge is 0.316 e. The molecule has 0 amide bonds. The number of ether oxygens (including phenoxy) is 2. The maximum absolute atomic E-state index is 11.7. The summed E-state index contributed by atoms with van der Waals surface area (Å²) in [7, 11) is 1.66. The average molecular weight is 349 g/mol. The van der Waals surface area contributed by atoms with Crippen LogP contribution in [-0.4, -0.2) is 46.3 Å². The molecule has 0 radical (unpaired) electrons. The molecule has 1 heterocycles. The van der Waals surface area contributed by atoms with Gasteiger partial charge >= 0.3 is 5.97 Å².